The molecule has 14 heavy (non-hydrogen) atoms. The van der Waals surface area contributed by atoms with Crippen molar-refractivity contribution in [3.63, 3.8) is 0 Å². The second-order valence-corrected chi connectivity index (χ2v) is 3.27. The summed E-state index contributed by atoms with van der Waals surface area (Å²) in [6.45, 7) is 1.46. The summed E-state index contributed by atoms with van der Waals surface area (Å²) in [5.74, 6) is 0. The third-order valence-electron chi connectivity index (χ3n) is 1.89. The first-order valence-corrected chi connectivity index (χ1v) is 4.53. The molecule has 1 amide bonds. The lowest BCUT2D eigenvalue weighted by Crippen LogP contribution is -2.24. The van der Waals surface area contributed by atoms with Gasteiger partial charge in [0.25, 0.3) is 0 Å². The fourth-order valence-electron chi connectivity index (χ4n) is 1.19. The van der Waals surface area contributed by atoms with Gasteiger partial charge >= 0.3 is 6.09 Å². The Balaban J connectivity index is 2.03. The molecule has 0 bridgehead atoms. The van der Waals surface area contributed by atoms with Gasteiger partial charge in [0, 0.05) is 0 Å². The van der Waals surface area contributed by atoms with Crippen LogP contribution in [-0.2, 0) is 11.3 Å². The van der Waals surface area contributed by atoms with Gasteiger partial charge in [0.1, 0.15) is 6.61 Å². The van der Waals surface area contributed by atoms with Crippen LogP contribution in [0.1, 0.15) is 5.69 Å². The van der Waals surface area contributed by atoms with Gasteiger partial charge in [-0.3, -0.25) is 4.90 Å². The lowest BCUT2D eigenvalue weighted by molar-refractivity contribution is 0.157. The summed E-state index contributed by atoms with van der Waals surface area (Å²) >= 11 is 5.58. The van der Waals surface area contributed by atoms with Gasteiger partial charge in [-0.15, -0.1) is 5.10 Å². The van der Waals surface area contributed by atoms with Gasteiger partial charge in [-0.05, 0) is 12.1 Å². The van der Waals surface area contributed by atoms with Crippen LogP contribution in [0.15, 0.2) is 12.1 Å². The van der Waals surface area contributed by atoms with Crippen molar-refractivity contribution in [2.75, 3.05) is 13.2 Å². The predicted molar refractivity (Wildman–Crippen MR) is 48.8 cm³/mol. The number of carbonyl (C=O) groups excluding carboxylic acids is 1. The van der Waals surface area contributed by atoms with E-state index < -0.39 is 0 Å². The van der Waals surface area contributed by atoms with Crippen molar-refractivity contribution in [1.29, 1.82) is 0 Å². The topological polar surface area (TPSA) is 55.3 Å². The molecule has 0 aromatic carbocycles. The molecule has 0 atom stereocenters. The van der Waals surface area contributed by atoms with Gasteiger partial charge < -0.3 is 4.74 Å². The Morgan fingerprint density at radius 3 is 2.93 bits per heavy atom. The molecule has 0 unspecified atom stereocenters. The Bertz CT molecular complexity index is 341. The molecule has 2 heterocycles. The monoisotopic (exact) mass is 213 g/mol. The first-order valence-electron chi connectivity index (χ1n) is 4.15. The normalized spacial score (nSPS) is 15.8. The molecule has 1 aliphatic heterocycles. The third-order valence-corrected chi connectivity index (χ3v) is 2.09. The summed E-state index contributed by atoms with van der Waals surface area (Å²) in [5, 5.41) is 7.87. The molecule has 0 spiro atoms. The minimum atomic E-state index is -0.304. The number of amides is 1. The van der Waals surface area contributed by atoms with Gasteiger partial charge in [-0.2, -0.15) is 5.10 Å². The van der Waals surface area contributed by atoms with E-state index in [4.69, 9.17) is 16.3 Å². The van der Waals surface area contributed by atoms with Crippen molar-refractivity contribution >= 4 is 17.7 Å². The second kappa shape index (κ2) is 3.79. The molecule has 0 aliphatic carbocycles. The van der Waals surface area contributed by atoms with E-state index in [1.807, 2.05) is 0 Å². The molecule has 1 fully saturated rings. The molecule has 74 valence electrons. The SMILES string of the molecule is O=C1OCCN1Cc1ccc(Cl)nn1. The van der Waals surface area contributed by atoms with Gasteiger partial charge in [0.2, 0.25) is 0 Å². The summed E-state index contributed by atoms with van der Waals surface area (Å²) < 4.78 is 4.77. The Labute approximate surface area is 85.6 Å². The van der Waals surface area contributed by atoms with Gasteiger partial charge in [0.05, 0.1) is 18.8 Å². The number of ether oxygens (including phenoxy) is 1. The van der Waals surface area contributed by atoms with Crippen molar-refractivity contribution in [3.8, 4) is 0 Å². The smallest absolute Gasteiger partial charge is 0.410 e. The maximum atomic E-state index is 11.1. The standard InChI is InChI=1S/C8H8ClN3O2/c9-7-2-1-6(10-11-7)5-12-3-4-14-8(12)13/h1-2H,3-5H2. The van der Waals surface area contributed by atoms with E-state index in [0.717, 1.165) is 0 Å². The van der Waals surface area contributed by atoms with Crippen LogP contribution in [0.25, 0.3) is 0 Å². The quantitative estimate of drug-likeness (QED) is 0.738. The minimum absolute atomic E-state index is 0.304. The van der Waals surface area contributed by atoms with Crippen molar-refractivity contribution < 1.29 is 9.53 Å². The number of aromatic nitrogens is 2. The van der Waals surface area contributed by atoms with Crippen molar-refractivity contribution in [1.82, 2.24) is 15.1 Å². The minimum Gasteiger partial charge on any atom is -0.448 e. The van der Waals surface area contributed by atoms with Crippen LogP contribution in [0.3, 0.4) is 0 Å². The van der Waals surface area contributed by atoms with Crippen LogP contribution in [0.5, 0.6) is 0 Å². The molecule has 1 aromatic rings. The summed E-state index contributed by atoms with van der Waals surface area (Å²) in [4.78, 5) is 12.6. The molecule has 1 aliphatic rings. The lowest BCUT2D eigenvalue weighted by Gasteiger charge is -2.10. The van der Waals surface area contributed by atoms with Crippen molar-refractivity contribution in [2.24, 2.45) is 0 Å². The van der Waals surface area contributed by atoms with E-state index in [1.165, 1.54) is 0 Å². The maximum Gasteiger partial charge on any atom is 0.410 e. The van der Waals surface area contributed by atoms with E-state index in [9.17, 15) is 4.79 Å². The first kappa shape index (κ1) is 9.21. The highest BCUT2D eigenvalue weighted by molar-refractivity contribution is 6.29. The average Bonchev–Trinajstić information content (AvgIpc) is 2.56. The van der Waals surface area contributed by atoms with Gasteiger partial charge in [0.15, 0.2) is 5.15 Å². The van der Waals surface area contributed by atoms with E-state index >= 15 is 0 Å². The van der Waals surface area contributed by atoms with Crippen molar-refractivity contribution in [2.45, 2.75) is 6.54 Å². The predicted octanol–water partition coefficient (Wildman–Crippen LogP) is 1.08. The number of hydrogen-bond donors (Lipinski definition) is 0. The zero-order chi connectivity index (χ0) is 9.97. The summed E-state index contributed by atoms with van der Waals surface area (Å²) in [5.41, 5.74) is 0.702. The van der Waals surface area contributed by atoms with Crippen LogP contribution in [0.2, 0.25) is 5.15 Å². The highest BCUT2D eigenvalue weighted by atomic mass is 35.5. The molecule has 5 nitrogen and oxygen atoms in total. The third kappa shape index (κ3) is 1.93. The maximum absolute atomic E-state index is 11.1. The number of rotatable bonds is 2. The van der Waals surface area contributed by atoms with E-state index in [0.29, 0.717) is 30.5 Å². The van der Waals surface area contributed by atoms with E-state index in [-0.39, 0.29) is 6.09 Å². The molecule has 0 radical (unpaired) electrons. The molecule has 1 aromatic heterocycles. The molecule has 1 saturated heterocycles. The number of carbonyl (C=O) groups is 1. The molecule has 0 N–H and O–H groups in total. The van der Waals surface area contributed by atoms with Gasteiger partial charge in [-0.1, -0.05) is 11.6 Å². The zero-order valence-corrected chi connectivity index (χ0v) is 8.07. The van der Waals surface area contributed by atoms with Crippen LogP contribution >= 0.6 is 11.6 Å². The number of halogens is 1. The Hall–Kier alpha value is -1.36. The lowest BCUT2D eigenvalue weighted by atomic mass is 10.3. The largest absolute Gasteiger partial charge is 0.448 e. The molecule has 2 rings (SSSR count). The van der Waals surface area contributed by atoms with Crippen LogP contribution in [0, 0.1) is 0 Å². The van der Waals surface area contributed by atoms with E-state index in [1.54, 1.807) is 17.0 Å². The van der Waals surface area contributed by atoms with Crippen LogP contribution < -0.4 is 0 Å². The molecular weight excluding hydrogens is 206 g/mol. The Morgan fingerprint density at radius 2 is 2.36 bits per heavy atom. The highest BCUT2D eigenvalue weighted by Crippen LogP contribution is 2.09. The Morgan fingerprint density at radius 1 is 1.50 bits per heavy atom. The first-order chi connectivity index (χ1) is 6.75. The summed E-state index contributed by atoms with van der Waals surface area (Å²) in [7, 11) is 0. The number of nitrogens with zero attached hydrogens (tertiary/aromatic N) is 3. The fraction of sp³-hybridized carbons (Fsp3) is 0.375. The Kier molecular flexibility index (Phi) is 2.49. The highest BCUT2D eigenvalue weighted by Gasteiger charge is 2.22. The second-order valence-electron chi connectivity index (χ2n) is 2.88. The van der Waals surface area contributed by atoms with Crippen molar-refractivity contribution in [3.05, 3.63) is 23.0 Å². The molecule has 0 saturated carbocycles. The molecular formula is C8H8ClN3O2. The fourth-order valence-corrected chi connectivity index (χ4v) is 1.29. The summed E-state index contributed by atoms with van der Waals surface area (Å²) in [6.07, 6.45) is -0.304. The molecule has 6 heteroatoms. The van der Waals surface area contributed by atoms with Crippen LogP contribution in [0.4, 0.5) is 4.79 Å². The summed E-state index contributed by atoms with van der Waals surface area (Å²) in [6, 6.07) is 3.38. The number of cyclic esters (lactones) is 1. The zero-order valence-electron chi connectivity index (χ0n) is 7.31. The average molecular weight is 214 g/mol. The van der Waals surface area contributed by atoms with Crippen LogP contribution in [-0.4, -0.2) is 34.3 Å². The number of hydrogen-bond acceptors (Lipinski definition) is 4. The van der Waals surface area contributed by atoms with E-state index in [2.05, 4.69) is 10.2 Å². The van der Waals surface area contributed by atoms with Gasteiger partial charge in [-0.25, -0.2) is 4.79 Å².